The van der Waals surface area contributed by atoms with Gasteiger partial charge in [0.2, 0.25) is 5.91 Å². The number of amides is 2. The van der Waals surface area contributed by atoms with E-state index in [1.165, 1.54) is 4.90 Å². The standard InChI is InChI=1S/C26H29N5O6/c1-25-10-4-5-15-36-24(35)20(25)19-22(33)30(13-7-14-32)21-23(34)29(12-6-11-26(19,21)37-25)16-31-18-9-3-2-8-17(18)27-28-31/h2-4,6,8-11,19-21,32H,5,7,12-16H2,1H3/t19-,20+,21?,25-,26-/m0/s1. The minimum absolute atomic E-state index is 0.131. The first kappa shape index (κ1) is 23.8. The van der Waals surface area contributed by atoms with Gasteiger partial charge in [0.25, 0.3) is 5.91 Å². The van der Waals surface area contributed by atoms with Gasteiger partial charge in [-0.3, -0.25) is 14.4 Å². The summed E-state index contributed by atoms with van der Waals surface area (Å²) in [4.78, 5) is 44.5. The Labute approximate surface area is 213 Å². The summed E-state index contributed by atoms with van der Waals surface area (Å²) in [6.45, 7) is 2.42. The minimum Gasteiger partial charge on any atom is -0.465 e. The van der Waals surface area contributed by atoms with E-state index in [1.807, 2.05) is 42.5 Å². The second-order valence-electron chi connectivity index (χ2n) is 10.1. The molecule has 2 fully saturated rings. The van der Waals surface area contributed by atoms with E-state index in [-0.39, 0.29) is 44.8 Å². The fourth-order valence-electron chi connectivity index (χ4n) is 6.33. The number of rotatable bonds is 5. The summed E-state index contributed by atoms with van der Waals surface area (Å²) in [5.41, 5.74) is -0.963. The Kier molecular flexibility index (Phi) is 5.64. The van der Waals surface area contributed by atoms with Crippen LogP contribution in [0.25, 0.3) is 11.0 Å². The number of cyclic esters (lactones) is 1. The third kappa shape index (κ3) is 3.51. The van der Waals surface area contributed by atoms with Gasteiger partial charge in [-0.15, -0.1) is 5.10 Å². The summed E-state index contributed by atoms with van der Waals surface area (Å²) in [5, 5.41) is 17.9. The Morgan fingerprint density at radius 1 is 1.11 bits per heavy atom. The van der Waals surface area contributed by atoms with Crippen molar-refractivity contribution in [3.63, 3.8) is 0 Å². The number of esters is 1. The third-order valence-corrected chi connectivity index (χ3v) is 7.89. The molecule has 6 rings (SSSR count). The highest BCUT2D eigenvalue weighted by molar-refractivity contribution is 5.99. The van der Waals surface area contributed by atoms with E-state index in [1.54, 1.807) is 22.6 Å². The number of carbonyl (C=O) groups is 3. The molecule has 2 aromatic rings. The molecular formula is C26H29N5O6. The average molecular weight is 508 g/mol. The Hall–Kier alpha value is -3.57. The average Bonchev–Trinajstić information content (AvgIpc) is 3.43. The van der Waals surface area contributed by atoms with Crippen molar-refractivity contribution in [1.82, 2.24) is 24.8 Å². The maximum atomic E-state index is 14.2. The zero-order valence-electron chi connectivity index (χ0n) is 20.5. The largest absolute Gasteiger partial charge is 0.465 e. The van der Waals surface area contributed by atoms with Crippen LogP contribution in [-0.4, -0.2) is 91.2 Å². The smallest absolute Gasteiger partial charge is 0.313 e. The molecule has 2 saturated heterocycles. The summed E-state index contributed by atoms with van der Waals surface area (Å²) in [6.07, 6.45) is 8.17. The maximum absolute atomic E-state index is 14.2. The lowest BCUT2D eigenvalue weighted by Crippen LogP contribution is -2.56. The summed E-state index contributed by atoms with van der Waals surface area (Å²) in [6, 6.07) is 6.48. The highest BCUT2D eigenvalue weighted by atomic mass is 16.6. The molecule has 2 amide bonds. The monoisotopic (exact) mass is 507 g/mol. The number of hydrogen-bond donors (Lipinski definition) is 1. The predicted octanol–water partition coefficient (Wildman–Crippen LogP) is 0.644. The number of aliphatic hydroxyl groups is 1. The number of carbonyl (C=O) groups excluding carboxylic acids is 3. The second kappa shape index (κ2) is 8.77. The summed E-state index contributed by atoms with van der Waals surface area (Å²) >= 11 is 0. The van der Waals surface area contributed by atoms with Gasteiger partial charge in [0.15, 0.2) is 0 Å². The van der Waals surface area contributed by atoms with Crippen molar-refractivity contribution in [3.05, 3.63) is 48.6 Å². The first-order chi connectivity index (χ1) is 17.9. The molecule has 37 heavy (non-hydrogen) atoms. The first-order valence-electron chi connectivity index (χ1n) is 12.6. The van der Waals surface area contributed by atoms with Gasteiger partial charge in [-0.25, -0.2) is 4.68 Å². The molecule has 0 aliphatic carbocycles. The Balaban J connectivity index is 1.42. The Morgan fingerprint density at radius 3 is 2.78 bits per heavy atom. The van der Waals surface area contributed by atoms with Crippen molar-refractivity contribution in [1.29, 1.82) is 0 Å². The molecule has 0 saturated carbocycles. The van der Waals surface area contributed by atoms with Crippen molar-refractivity contribution < 1.29 is 29.0 Å². The van der Waals surface area contributed by atoms with E-state index in [0.29, 0.717) is 18.4 Å². The van der Waals surface area contributed by atoms with Crippen LogP contribution in [0.5, 0.6) is 0 Å². The second-order valence-corrected chi connectivity index (χ2v) is 10.1. The summed E-state index contributed by atoms with van der Waals surface area (Å²) in [5.74, 6) is -2.98. The summed E-state index contributed by atoms with van der Waals surface area (Å²) in [7, 11) is 0. The van der Waals surface area contributed by atoms with Crippen LogP contribution in [0.2, 0.25) is 0 Å². The molecule has 11 nitrogen and oxygen atoms in total. The number of ether oxygens (including phenoxy) is 2. The molecule has 5 atom stereocenters. The van der Waals surface area contributed by atoms with Gasteiger partial charge in [-0.2, -0.15) is 0 Å². The molecule has 0 bridgehead atoms. The molecular weight excluding hydrogens is 478 g/mol. The third-order valence-electron chi connectivity index (χ3n) is 7.89. The van der Waals surface area contributed by atoms with Gasteiger partial charge < -0.3 is 24.4 Å². The number of aromatic nitrogens is 3. The van der Waals surface area contributed by atoms with E-state index in [9.17, 15) is 19.5 Å². The predicted molar refractivity (Wildman–Crippen MR) is 130 cm³/mol. The number of aliphatic hydroxyl groups excluding tert-OH is 1. The molecule has 11 heteroatoms. The van der Waals surface area contributed by atoms with Crippen LogP contribution in [0.3, 0.4) is 0 Å². The SMILES string of the molecule is C[C@]12C=CCCOC(=O)[C@H]1[C@H]1C(=O)N(CCCO)C3C(=O)N(Cn4nnc5ccccc54)CC=C[C@@]31O2. The highest BCUT2D eigenvalue weighted by Gasteiger charge is 2.74. The van der Waals surface area contributed by atoms with E-state index in [0.717, 1.165) is 5.52 Å². The Morgan fingerprint density at radius 2 is 1.95 bits per heavy atom. The van der Waals surface area contributed by atoms with Crippen LogP contribution in [0, 0.1) is 11.8 Å². The van der Waals surface area contributed by atoms with Crippen molar-refractivity contribution in [2.75, 3.05) is 26.3 Å². The zero-order chi connectivity index (χ0) is 25.8. The van der Waals surface area contributed by atoms with Crippen LogP contribution >= 0.6 is 0 Å². The summed E-state index contributed by atoms with van der Waals surface area (Å²) < 4.78 is 13.8. The highest BCUT2D eigenvalue weighted by Crippen LogP contribution is 2.57. The normalized spacial score (nSPS) is 33.1. The molecule has 0 radical (unpaired) electrons. The number of likely N-dealkylation sites (tertiary alicyclic amines) is 1. The van der Waals surface area contributed by atoms with Gasteiger partial charge in [0, 0.05) is 19.7 Å². The van der Waals surface area contributed by atoms with Gasteiger partial charge in [-0.05, 0) is 31.9 Å². The van der Waals surface area contributed by atoms with Gasteiger partial charge in [0.05, 0.1) is 23.6 Å². The maximum Gasteiger partial charge on any atom is 0.313 e. The van der Waals surface area contributed by atoms with E-state index >= 15 is 0 Å². The van der Waals surface area contributed by atoms with Crippen LogP contribution in [0.1, 0.15) is 19.8 Å². The topological polar surface area (TPSA) is 127 Å². The number of benzene rings is 1. The lowest BCUT2D eigenvalue weighted by Gasteiger charge is -2.37. The van der Waals surface area contributed by atoms with Gasteiger partial charge in [-0.1, -0.05) is 41.7 Å². The van der Waals surface area contributed by atoms with Crippen LogP contribution < -0.4 is 0 Å². The minimum atomic E-state index is -1.35. The first-order valence-corrected chi connectivity index (χ1v) is 12.6. The van der Waals surface area contributed by atoms with Crippen LogP contribution in [0.4, 0.5) is 0 Å². The molecule has 194 valence electrons. The number of fused-ring (bicyclic) bond motifs is 3. The lowest BCUT2D eigenvalue weighted by atomic mass is 9.74. The molecule has 1 aromatic carbocycles. The molecule has 1 unspecified atom stereocenters. The van der Waals surface area contributed by atoms with E-state index in [4.69, 9.17) is 9.47 Å². The van der Waals surface area contributed by atoms with Crippen LogP contribution in [0.15, 0.2) is 48.6 Å². The number of para-hydroxylation sites is 1. The van der Waals surface area contributed by atoms with Crippen molar-refractivity contribution in [2.45, 2.75) is 43.7 Å². The van der Waals surface area contributed by atoms with E-state index in [2.05, 4.69) is 10.3 Å². The fourth-order valence-corrected chi connectivity index (χ4v) is 6.33. The molecule has 1 N–H and O–H groups in total. The molecule has 5 heterocycles. The molecule has 4 aliphatic rings. The molecule has 1 spiro atoms. The number of nitrogens with zero attached hydrogens (tertiary/aromatic N) is 5. The fraction of sp³-hybridized carbons (Fsp3) is 0.500. The zero-order valence-corrected chi connectivity index (χ0v) is 20.5. The van der Waals surface area contributed by atoms with Gasteiger partial charge >= 0.3 is 5.97 Å². The molecule has 1 aromatic heterocycles. The van der Waals surface area contributed by atoms with Gasteiger partial charge in [0.1, 0.15) is 29.7 Å². The van der Waals surface area contributed by atoms with Crippen molar-refractivity contribution in [3.8, 4) is 0 Å². The Bertz CT molecular complexity index is 1320. The van der Waals surface area contributed by atoms with Crippen LogP contribution in [-0.2, 0) is 30.5 Å². The number of hydrogen-bond acceptors (Lipinski definition) is 8. The quantitative estimate of drug-likeness (QED) is 0.462. The van der Waals surface area contributed by atoms with Crippen molar-refractivity contribution in [2.24, 2.45) is 11.8 Å². The lowest BCUT2D eigenvalue weighted by molar-refractivity contribution is -0.160. The molecule has 4 aliphatic heterocycles. The van der Waals surface area contributed by atoms with Crippen molar-refractivity contribution >= 4 is 28.8 Å². The van der Waals surface area contributed by atoms with E-state index < -0.39 is 35.0 Å².